The maximum Gasteiger partial charge on any atom is 0.161 e. The quantitative estimate of drug-likeness (QED) is 0.828. The van der Waals surface area contributed by atoms with Crippen molar-refractivity contribution >= 4 is 0 Å². The number of hydrogen-bond donors (Lipinski definition) is 1. The molecule has 16 heavy (non-hydrogen) atoms. The smallest absolute Gasteiger partial charge is 0.161 e. The van der Waals surface area contributed by atoms with Crippen LogP contribution in [0.25, 0.3) is 0 Å². The number of ether oxygens (including phenoxy) is 3. The van der Waals surface area contributed by atoms with Crippen LogP contribution >= 0.6 is 0 Å². The molecule has 0 radical (unpaired) electrons. The molecule has 1 aliphatic rings. The molecule has 1 unspecified atom stereocenters. The van der Waals surface area contributed by atoms with Crippen molar-refractivity contribution in [1.82, 2.24) is 5.32 Å². The van der Waals surface area contributed by atoms with E-state index in [1.807, 2.05) is 24.3 Å². The van der Waals surface area contributed by atoms with Gasteiger partial charge in [-0.05, 0) is 12.1 Å². The molecular formula is C12H17NO3. The van der Waals surface area contributed by atoms with Gasteiger partial charge in [-0.1, -0.05) is 12.1 Å². The Morgan fingerprint density at radius 3 is 2.88 bits per heavy atom. The van der Waals surface area contributed by atoms with Gasteiger partial charge in [0, 0.05) is 6.54 Å². The van der Waals surface area contributed by atoms with Crippen LogP contribution in [0, 0.1) is 0 Å². The van der Waals surface area contributed by atoms with E-state index in [4.69, 9.17) is 14.2 Å². The molecule has 0 aromatic heterocycles. The third kappa shape index (κ3) is 2.87. The summed E-state index contributed by atoms with van der Waals surface area (Å²) in [5.41, 5.74) is 0. The number of rotatable bonds is 4. The maximum atomic E-state index is 5.70. The highest BCUT2D eigenvalue weighted by Crippen LogP contribution is 2.25. The van der Waals surface area contributed by atoms with E-state index >= 15 is 0 Å². The van der Waals surface area contributed by atoms with Gasteiger partial charge in [0.15, 0.2) is 11.5 Å². The third-order valence-electron chi connectivity index (χ3n) is 2.51. The summed E-state index contributed by atoms with van der Waals surface area (Å²) < 4.78 is 16.3. The van der Waals surface area contributed by atoms with E-state index in [1.165, 1.54) is 0 Å². The Morgan fingerprint density at radius 1 is 1.38 bits per heavy atom. The molecule has 1 saturated heterocycles. The maximum absolute atomic E-state index is 5.70. The van der Waals surface area contributed by atoms with Gasteiger partial charge in [0.2, 0.25) is 0 Å². The highest BCUT2D eigenvalue weighted by molar-refractivity contribution is 5.39. The fourth-order valence-corrected chi connectivity index (χ4v) is 1.66. The van der Waals surface area contributed by atoms with Gasteiger partial charge in [-0.25, -0.2) is 0 Å². The van der Waals surface area contributed by atoms with Crippen LogP contribution in [0.1, 0.15) is 0 Å². The number of para-hydroxylation sites is 2. The van der Waals surface area contributed by atoms with Crippen LogP contribution in [-0.4, -0.2) is 39.5 Å². The lowest BCUT2D eigenvalue weighted by Gasteiger charge is -2.24. The normalized spacial score (nSPS) is 20.4. The minimum Gasteiger partial charge on any atom is -0.493 e. The van der Waals surface area contributed by atoms with Crippen molar-refractivity contribution in [2.45, 2.75) is 6.04 Å². The average Bonchev–Trinajstić information content (AvgIpc) is 2.38. The molecule has 1 aromatic rings. The van der Waals surface area contributed by atoms with Gasteiger partial charge in [-0.15, -0.1) is 0 Å². The fraction of sp³-hybridized carbons (Fsp3) is 0.500. The van der Waals surface area contributed by atoms with E-state index in [0.29, 0.717) is 13.2 Å². The first-order chi connectivity index (χ1) is 7.90. The summed E-state index contributed by atoms with van der Waals surface area (Å²) in [6.07, 6.45) is 0. The van der Waals surface area contributed by atoms with Gasteiger partial charge >= 0.3 is 0 Å². The molecule has 0 spiro atoms. The Labute approximate surface area is 95.5 Å². The van der Waals surface area contributed by atoms with Crippen molar-refractivity contribution < 1.29 is 14.2 Å². The second-order valence-corrected chi connectivity index (χ2v) is 3.69. The average molecular weight is 223 g/mol. The molecule has 0 saturated carbocycles. The molecule has 1 aliphatic heterocycles. The molecule has 0 aliphatic carbocycles. The van der Waals surface area contributed by atoms with E-state index in [-0.39, 0.29) is 6.04 Å². The summed E-state index contributed by atoms with van der Waals surface area (Å²) in [6.45, 7) is 2.97. The van der Waals surface area contributed by atoms with E-state index in [0.717, 1.165) is 24.7 Å². The number of benzene rings is 1. The molecule has 1 heterocycles. The predicted molar refractivity (Wildman–Crippen MR) is 61.1 cm³/mol. The van der Waals surface area contributed by atoms with Crippen LogP contribution < -0.4 is 14.8 Å². The van der Waals surface area contributed by atoms with Crippen molar-refractivity contribution in [3.63, 3.8) is 0 Å². The van der Waals surface area contributed by atoms with Gasteiger partial charge in [-0.2, -0.15) is 0 Å². The molecule has 4 heteroatoms. The van der Waals surface area contributed by atoms with Crippen molar-refractivity contribution in [2.75, 3.05) is 33.5 Å². The predicted octanol–water partition coefficient (Wildman–Crippen LogP) is 1.06. The van der Waals surface area contributed by atoms with E-state index in [1.54, 1.807) is 7.11 Å². The lowest BCUT2D eigenvalue weighted by Crippen LogP contribution is -2.44. The first-order valence-electron chi connectivity index (χ1n) is 5.47. The van der Waals surface area contributed by atoms with E-state index < -0.39 is 0 Å². The lowest BCUT2D eigenvalue weighted by atomic mass is 10.3. The second-order valence-electron chi connectivity index (χ2n) is 3.69. The molecule has 88 valence electrons. The van der Waals surface area contributed by atoms with Crippen LogP contribution in [0.15, 0.2) is 24.3 Å². The van der Waals surface area contributed by atoms with Crippen LogP contribution in [0.4, 0.5) is 0 Å². The summed E-state index contributed by atoms with van der Waals surface area (Å²) in [5, 5.41) is 3.34. The van der Waals surface area contributed by atoms with E-state index in [2.05, 4.69) is 5.32 Å². The highest BCUT2D eigenvalue weighted by atomic mass is 16.5. The summed E-state index contributed by atoms with van der Waals surface area (Å²) >= 11 is 0. The van der Waals surface area contributed by atoms with Crippen molar-refractivity contribution in [1.29, 1.82) is 0 Å². The van der Waals surface area contributed by atoms with Gasteiger partial charge < -0.3 is 19.5 Å². The monoisotopic (exact) mass is 223 g/mol. The minimum atomic E-state index is 0.263. The van der Waals surface area contributed by atoms with Crippen LogP contribution in [0.2, 0.25) is 0 Å². The van der Waals surface area contributed by atoms with E-state index in [9.17, 15) is 0 Å². The minimum absolute atomic E-state index is 0.263. The molecule has 4 nitrogen and oxygen atoms in total. The van der Waals surface area contributed by atoms with Gasteiger partial charge in [0.25, 0.3) is 0 Å². The Balaban J connectivity index is 1.88. The Kier molecular flexibility index (Phi) is 4.02. The third-order valence-corrected chi connectivity index (χ3v) is 2.51. The molecule has 0 amide bonds. The van der Waals surface area contributed by atoms with Gasteiger partial charge in [0.1, 0.15) is 6.61 Å². The Bertz CT molecular complexity index is 324. The molecule has 1 N–H and O–H groups in total. The zero-order valence-corrected chi connectivity index (χ0v) is 9.44. The molecule has 0 bridgehead atoms. The Morgan fingerprint density at radius 2 is 2.19 bits per heavy atom. The zero-order valence-electron chi connectivity index (χ0n) is 9.44. The van der Waals surface area contributed by atoms with Crippen molar-refractivity contribution in [3.05, 3.63) is 24.3 Å². The first-order valence-corrected chi connectivity index (χ1v) is 5.47. The summed E-state index contributed by atoms with van der Waals surface area (Å²) in [5.74, 6) is 1.54. The lowest BCUT2D eigenvalue weighted by molar-refractivity contribution is 0.0588. The Hall–Kier alpha value is -1.26. The molecule has 1 aromatic carbocycles. The van der Waals surface area contributed by atoms with Crippen LogP contribution in [0.5, 0.6) is 11.5 Å². The van der Waals surface area contributed by atoms with Crippen LogP contribution in [-0.2, 0) is 4.74 Å². The molecular weight excluding hydrogens is 206 g/mol. The topological polar surface area (TPSA) is 39.7 Å². The van der Waals surface area contributed by atoms with Gasteiger partial charge in [-0.3, -0.25) is 0 Å². The SMILES string of the molecule is COc1ccccc1OCC1COCCN1. The number of hydrogen-bond acceptors (Lipinski definition) is 4. The number of methoxy groups -OCH3 is 1. The van der Waals surface area contributed by atoms with Crippen molar-refractivity contribution in [3.8, 4) is 11.5 Å². The number of morpholine rings is 1. The second kappa shape index (κ2) is 5.72. The largest absolute Gasteiger partial charge is 0.493 e. The summed E-state index contributed by atoms with van der Waals surface area (Å²) in [6, 6.07) is 7.91. The number of nitrogens with one attached hydrogen (secondary N) is 1. The van der Waals surface area contributed by atoms with Crippen LogP contribution in [0.3, 0.4) is 0 Å². The van der Waals surface area contributed by atoms with Crippen molar-refractivity contribution in [2.24, 2.45) is 0 Å². The summed E-state index contributed by atoms with van der Waals surface area (Å²) in [7, 11) is 1.64. The zero-order chi connectivity index (χ0) is 11.2. The molecule has 1 atom stereocenters. The molecule has 2 rings (SSSR count). The van der Waals surface area contributed by atoms with Gasteiger partial charge in [0.05, 0.1) is 26.4 Å². The highest BCUT2D eigenvalue weighted by Gasteiger charge is 2.14. The fourth-order valence-electron chi connectivity index (χ4n) is 1.66. The molecule has 1 fully saturated rings. The standard InChI is InChI=1S/C12H17NO3/c1-14-11-4-2-3-5-12(11)16-9-10-8-15-7-6-13-10/h2-5,10,13H,6-9H2,1H3. The summed E-state index contributed by atoms with van der Waals surface area (Å²) in [4.78, 5) is 0. The first kappa shape index (κ1) is 11.2.